The van der Waals surface area contributed by atoms with Gasteiger partial charge in [0.2, 0.25) is 0 Å². The van der Waals surface area contributed by atoms with Crippen LogP contribution in [0.15, 0.2) is 48.8 Å². The van der Waals surface area contributed by atoms with Gasteiger partial charge >= 0.3 is 0 Å². The lowest BCUT2D eigenvalue weighted by Gasteiger charge is -2.36. The molecule has 0 spiro atoms. The highest BCUT2D eigenvalue weighted by Crippen LogP contribution is 2.30. The number of aromatic nitrogens is 3. The van der Waals surface area contributed by atoms with E-state index >= 15 is 0 Å². The summed E-state index contributed by atoms with van der Waals surface area (Å²) in [5.74, 6) is 1.78. The zero-order chi connectivity index (χ0) is 19.8. The highest BCUT2D eigenvalue weighted by molar-refractivity contribution is 6.09. The summed E-state index contributed by atoms with van der Waals surface area (Å²) in [6.07, 6.45) is 2.47. The zero-order valence-corrected chi connectivity index (χ0v) is 16.1. The number of aromatic amines is 1. The van der Waals surface area contributed by atoms with Gasteiger partial charge in [0, 0.05) is 48.3 Å². The molecule has 2 aromatic heterocycles. The topological polar surface area (TPSA) is 74.3 Å². The van der Waals surface area contributed by atoms with Crippen molar-refractivity contribution in [2.24, 2.45) is 0 Å². The Labute approximate surface area is 167 Å². The number of carbonyl (C=O) groups excluding carboxylic acids is 1. The second kappa shape index (κ2) is 7.09. The summed E-state index contributed by atoms with van der Waals surface area (Å²) in [5, 5.41) is 0.949. The first-order chi connectivity index (χ1) is 14.3. The smallest absolute Gasteiger partial charge is 0.156 e. The molecule has 1 aliphatic heterocycles. The average molecular weight is 387 g/mol. The number of aldehydes is 1. The quantitative estimate of drug-likeness (QED) is 0.542. The summed E-state index contributed by atoms with van der Waals surface area (Å²) in [6, 6.07) is 13.8. The number of carbonyl (C=O) groups is 1. The maximum absolute atomic E-state index is 11.1. The summed E-state index contributed by atoms with van der Waals surface area (Å²) in [6.45, 7) is 3.56. The Morgan fingerprint density at radius 1 is 1.00 bits per heavy atom. The van der Waals surface area contributed by atoms with E-state index in [1.807, 2.05) is 30.3 Å². The number of benzene rings is 2. The number of methoxy groups -OCH3 is 1. The SMILES string of the molecule is COc1ccc(N2CCN(c3ncnc4c3[nH]c3ccc(C=O)cc34)CC2)cc1. The zero-order valence-electron chi connectivity index (χ0n) is 16.1. The molecule has 4 aromatic rings. The first-order valence-electron chi connectivity index (χ1n) is 9.62. The number of rotatable bonds is 4. The molecule has 0 atom stereocenters. The van der Waals surface area contributed by atoms with Gasteiger partial charge in [0.1, 0.15) is 29.4 Å². The second-order valence-corrected chi connectivity index (χ2v) is 7.14. The molecule has 7 heteroatoms. The standard InChI is InChI=1S/C22H21N5O2/c1-29-17-5-3-16(4-6-17)26-8-10-27(11-9-26)22-21-20(23-14-24-22)18-12-15(13-28)2-7-19(18)25-21/h2-7,12-14,25H,8-11H2,1H3. The van der Waals surface area contributed by atoms with Crippen molar-refractivity contribution >= 4 is 39.7 Å². The number of anilines is 2. The summed E-state index contributed by atoms with van der Waals surface area (Å²) in [4.78, 5) is 28.3. The lowest BCUT2D eigenvalue weighted by molar-refractivity contribution is 0.112. The molecule has 29 heavy (non-hydrogen) atoms. The minimum Gasteiger partial charge on any atom is -0.497 e. The van der Waals surface area contributed by atoms with Gasteiger partial charge in [-0.05, 0) is 42.5 Å². The highest BCUT2D eigenvalue weighted by atomic mass is 16.5. The van der Waals surface area contributed by atoms with Crippen LogP contribution in [0.3, 0.4) is 0 Å². The van der Waals surface area contributed by atoms with Crippen LogP contribution in [0.5, 0.6) is 5.75 Å². The molecule has 1 N–H and O–H groups in total. The molecule has 0 radical (unpaired) electrons. The molecule has 0 unspecified atom stereocenters. The summed E-state index contributed by atoms with van der Waals surface area (Å²) in [7, 11) is 1.68. The van der Waals surface area contributed by atoms with Crippen molar-refractivity contribution < 1.29 is 9.53 Å². The fourth-order valence-electron chi connectivity index (χ4n) is 3.98. The van der Waals surface area contributed by atoms with Crippen LogP contribution < -0.4 is 14.5 Å². The van der Waals surface area contributed by atoms with E-state index in [0.29, 0.717) is 5.56 Å². The van der Waals surface area contributed by atoms with E-state index in [0.717, 1.165) is 66.0 Å². The Kier molecular flexibility index (Phi) is 4.27. The molecule has 0 aliphatic carbocycles. The van der Waals surface area contributed by atoms with E-state index in [1.54, 1.807) is 13.4 Å². The fraction of sp³-hybridized carbons (Fsp3) is 0.227. The number of piperazine rings is 1. The van der Waals surface area contributed by atoms with Gasteiger partial charge in [-0.1, -0.05) is 0 Å². The van der Waals surface area contributed by atoms with E-state index in [4.69, 9.17) is 4.74 Å². The van der Waals surface area contributed by atoms with Crippen LogP contribution in [-0.4, -0.2) is 54.5 Å². The van der Waals surface area contributed by atoms with E-state index in [-0.39, 0.29) is 0 Å². The first kappa shape index (κ1) is 17.5. The number of H-pyrrole nitrogens is 1. The summed E-state index contributed by atoms with van der Waals surface area (Å²) >= 11 is 0. The van der Waals surface area contributed by atoms with Gasteiger partial charge in [-0.3, -0.25) is 4.79 Å². The van der Waals surface area contributed by atoms with Gasteiger partial charge < -0.3 is 19.5 Å². The molecule has 3 heterocycles. The molecule has 1 aliphatic rings. The normalized spacial score (nSPS) is 14.5. The van der Waals surface area contributed by atoms with Gasteiger partial charge in [0.15, 0.2) is 5.82 Å². The number of nitrogens with zero attached hydrogens (tertiary/aromatic N) is 4. The summed E-state index contributed by atoms with van der Waals surface area (Å²) in [5.41, 5.74) is 4.58. The Balaban J connectivity index is 1.42. The molecule has 0 amide bonds. The Hall–Kier alpha value is -3.61. The van der Waals surface area contributed by atoms with Crippen molar-refractivity contribution in [2.75, 3.05) is 43.1 Å². The van der Waals surface area contributed by atoms with Crippen LogP contribution in [0, 0.1) is 0 Å². The van der Waals surface area contributed by atoms with Crippen LogP contribution in [0.1, 0.15) is 10.4 Å². The molecular weight excluding hydrogens is 366 g/mol. The number of hydrogen-bond donors (Lipinski definition) is 1. The van der Waals surface area contributed by atoms with Crippen molar-refractivity contribution in [1.29, 1.82) is 0 Å². The van der Waals surface area contributed by atoms with Gasteiger partial charge in [0.25, 0.3) is 0 Å². The van der Waals surface area contributed by atoms with Crippen LogP contribution in [0.4, 0.5) is 11.5 Å². The highest BCUT2D eigenvalue weighted by Gasteiger charge is 2.22. The molecular formula is C22H21N5O2. The van der Waals surface area contributed by atoms with Crippen molar-refractivity contribution in [3.05, 3.63) is 54.4 Å². The number of hydrogen-bond acceptors (Lipinski definition) is 6. The molecule has 1 saturated heterocycles. The van der Waals surface area contributed by atoms with Crippen molar-refractivity contribution in [1.82, 2.24) is 15.0 Å². The average Bonchev–Trinajstić information content (AvgIpc) is 3.17. The van der Waals surface area contributed by atoms with E-state index in [2.05, 4.69) is 36.9 Å². The van der Waals surface area contributed by atoms with Crippen molar-refractivity contribution in [3.8, 4) is 5.75 Å². The van der Waals surface area contributed by atoms with Crippen LogP contribution in [-0.2, 0) is 0 Å². The maximum atomic E-state index is 11.1. The summed E-state index contributed by atoms with van der Waals surface area (Å²) < 4.78 is 5.25. The third-order valence-electron chi connectivity index (χ3n) is 5.54. The second-order valence-electron chi connectivity index (χ2n) is 7.14. The number of fused-ring (bicyclic) bond motifs is 3. The fourth-order valence-corrected chi connectivity index (χ4v) is 3.98. The Morgan fingerprint density at radius 3 is 2.48 bits per heavy atom. The van der Waals surface area contributed by atoms with E-state index in [9.17, 15) is 4.79 Å². The molecule has 146 valence electrons. The molecule has 0 bridgehead atoms. The molecule has 1 fully saturated rings. The molecule has 2 aromatic carbocycles. The van der Waals surface area contributed by atoms with Gasteiger partial charge in [-0.15, -0.1) is 0 Å². The van der Waals surface area contributed by atoms with Gasteiger partial charge in [-0.25, -0.2) is 9.97 Å². The van der Waals surface area contributed by atoms with Gasteiger partial charge in [0.05, 0.1) is 7.11 Å². The van der Waals surface area contributed by atoms with Crippen LogP contribution in [0.25, 0.3) is 21.9 Å². The molecule has 0 saturated carbocycles. The van der Waals surface area contributed by atoms with E-state index in [1.165, 1.54) is 5.69 Å². The predicted molar refractivity (Wildman–Crippen MR) is 114 cm³/mol. The largest absolute Gasteiger partial charge is 0.497 e. The third kappa shape index (κ3) is 3.04. The third-order valence-corrected chi connectivity index (χ3v) is 5.54. The van der Waals surface area contributed by atoms with Crippen LogP contribution >= 0.6 is 0 Å². The molecule has 5 rings (SSSR count). The lowest BCUT2D eigenvalue weighted by Crippen LogP contribution is -2.46. The van der Waals surface area contributed by atoms with Crippen LogP contribution in [0.2, 0.25) is 0 Å². The van der Waals surface area contributed by atoms with Crippen molar-refractivity contribution in [3.63, 3.8) is 0 Å². The minimum atomic E-state index is 0.645. The number of ether oxygens (including phenoxy) is 1. The Morgan fingerprint density at radius 2 is 1.76 bits per heavy atom. The monoisotopic (exact) mass is 387 g/mol. The molecule has 7 nitrogen and oxygen atoms in total. The minimum absolute atomic E-state index is 0.645. The van der Waals surface area contributed by atoms with Crippen molar-refractivity contribution in [2.45, 2.75) is 0 Å². The first-order valence-corrected chi connectivity index (χ1v) is 9.62. The van der Waals surface area contributed by atoms with E-state index < -0.39 is 0 Å². The maximum Gasteiger partial charge on any atom is 0.156 e. The Bertz CT molecular complexity index is 1180. The van der Waals surface area contributed by atoms with Gasteiger partial charge in [-0.2, -0.15) is 0 Å². The predicted octanol–water partition coefficient (Wildman–Crippen LogP) is 3.26. The number of nitrogens with one attached hydrogen (secondary N) is 1. The lowest BCUT2D eigenvalue weighted by atomic mass is 10.1.